The molecule has 0 fully saturated rings. The second-order valence-corrected chi connectivity index (χ2v) is 7.47. The topological polar surface area (TPSA) is 63.2 Å². The molecule has 1 amide bonds. The van der Waals surface area contributed by atoms with Crippen LogP contribution in [0, 0.1) is 0 Å². The zero-order chi connectivity index (χ0) is 21.6. The first-order valence-corrected chi connectivity index (χ1v) is 10.2. The summed E-state index contributed by atoms with van der Waals surface area (Å²) >= 11 is 0. The SMILES string of the molecule is CN(C)c1ccc(C2=NCC(OC(=O)Nc3ccccc3)C(c3ccccc3)O2)cc1. The summed E-state index contributed by atoms with van der Waals surface area (Å²) in [6, 6.07) is 27.0. The number of rotatable bonds is 5. The van der Waals surface area contributed by atoms with Gasteiger partial charge in [-0.1, -0.05) is 48.5 Å². The molecule has 0 saturated heterocycles. The molecule has 0 radical (unpaired) electrons. The minimum Gasteiger partial charge on any atom is -0.465 e. The van der Waals surface area contributed by atoms with Gasteiger partial charge in [-0.2, -0.15) is 0 Å². The number of ether oxygens (including phenoxy) is 2. The molecular formula is C25H25N3O3. The van der Waals surface area contributed by atoms with Crippen molar-refractivity contribution in [2.45, 2.75) is 12.2 Å². The maximum Gasteiger partial charge on any atom is 0.412 e. The molecule has 6 nitrogen and oxygen atoms in total. The molecule has 158 valence electrons. The highest BCUT2D eigenvalue weighted by Gasteiger charge is 2.33. The van der Waals surface area contributed by atoms with Crippen LogP contribution >= 0.6 is 0 Å². The van der Waals surface area contributed by atoms with Gasteiger partial charge in [0.1, 0.15) is 0 Å². The lowest BCUT2D eigenvalue weighted by atomic mass is 10.0. The highest BCUT2D eigenvalue weighted by atomic mass is 16.6. The van der Waals surface area contributed by atoms with Gasteiger partial charge in [-0.15, -0.1) is 0 Å². The van der Waals surface area contributed by atoms with Crippen molar-refractivity contribution in [3.05, 3.63) is 96.1 Å². The molecule has 6 heteroatoms. The number of anilines is 2. The summed E-state index contributed by atoms with van der Waals surface area (Å²) in [6.45, 7) is 0.312. The maximum absolute atomic E-state index is 12.5. The van der Waals surface area contributed by atoms with Crippen molar-refractivity contribution in [1.29, 1.82) is 0 Å². The zero-order valence-corrected chi connectivity index (χ0v) is 17.6. The van der Waals surface area contributed by atoms with Crippen molar-refractivity contribution >= 4 is 23.4 Å². The molecule has 1 heterocycles. The van der Waals surface area contributed by atoms with E-state index < -0.39 is 18.3 Å². The van der Waals surface area contributed by atoms with Gasteiger partial charge in [0.25, 0.3) is 0 Å². The van der Waals surface area contributed by atoms with Crippen LogP contribution in [0.2, 0.25) is 0 Å². The molecule has 4 rings (SSSR count). The van der Waals surface area contributed by atoms with Gasteiger partial charge in [-0.25, -0.2) is 9.79 Å². The molecular weight excluding hydrogens is 390 g/mol. The Morgan fingerprint density at radius 2 is 1.61 bits per heavy atom. The number of nitrogens with one attached hydrogen (secondary N) is 1. The lowest BCUT2D eigenvalue weighted by molar-refractivity contribution is 0.00996. The molecule has 3 aromatic carbocycles. The summed E-state index contributed by atoms with van der Waals surface area (Å²) in [5, 5.41) is 2.75. The molecule has 2 atom stereocenters. The van der Waals surface area contributed by atoms with E-state index in [0.717, 1.165) is 16.8 Å². The highest BCUT2D eigenvalue weighted by Crippen LogP contribution is 2.29. The first-order chi connectivity index (χ1) is 15.1. The van der Waals surface area contributed by atoms with Gasteiger partial charge in [-0.3, -0.25) is 5.32 Å². The number of carbonyl (C=O) groups is 1. The van der Waals surface area contributed by atoms with Crippen LogP contribution in [0.15, 0.2) is 89.9 Å². The van der Waals surface area contributed by atoms with Gasteiger partial charge < -0.3 is 14.4 Å². The van der Waals surface area contributed by atoms with E-state index in [2.05, 4.69) is 10.3 Å². The number of benzene rings is 3. The van der Waals surface area contributed by atoms with Crippen molar-refractivity contribution in [2.75, 3.05) is 30.9 Å². The summed E-state index contributed by atoms with van der Waals surface area (Å²) in [7, 11) is 4.00. The molecule has 0 bridgehead atoms. The Morgan fingerprint density at radius 3 is 2.26 bits per heavy atom. The largest absolute Gasteiger partial charge is 0.465 e. The van der Waals surface area contributed by atoms with Crippen molar-refractivity contribution in [3.8, 4) is 0 Å². The summed E-state index contributed by atoms with van der Waals surface area (Å²) in [6.07, 6.45) is -1.53. The molecule has 1 N–H and O–H groups in total. The molecule has 2 unspecified atom stereocenters. The van der Waals surface area contributed by atoms with Gasteiger partial charge in [0.2, 0.25) is 5.90 Å². The number of hydrogen-bond acceptors (Lipinski definition) is 5. The lowest BCUT2D eigenvalue weighted by Crippen LogP contribution is -2.37. The Morgan fingerprint density at radius 1 is 0.968 bits per heavy atom. The third-order valence-electron chi connectivity index (χ3n) is 5.03. The Balaban J connectivity index is 1.54. The van der Waals surface area contributed by atoms with Crippen molar-refractivity contribution in [1.82, 2.24) is 0 Å². The minimum absolute atomic E-state index is 0.312. The Labute approximate surface area is 182 Å². The lowest BCUT2D eigenvalue weighted by Gasteiger charge is -2.31. The third-order valence-corrected chi connectivity index (χ3v) is 5.03. The Kier molecular flexibility index (Phi) is 6.17. The fraction of sp³-hybridized carbons (Fsp3) is 0.200. The van der Waals surface area contributed by atoms with Crippen LogP contribution in [-0.2, 0) is 9.47 Å². The Bertz CT molecular complexity index is 1030. The zero-order valence-electron chi connectivity index (χ0n) is 17.6. The van der Waals surface area contributed by atoms with E-state index in [0.29, 0.717) is 18.1 Å². The third kappa shape index (κ3) is 5.04. The normalized spacial score (nSPS) is 17.8. The van der Waals surface area contributed by atoms with Crippen LogP contribution in [0.5, 0.6) is 0 Å². The molecule has 31 heavy (non-hydrogen) atoms. The number of carbonyl (C=O) groups excluding carboxylic acids is 1. The van der Waals surface area contributed by atoms with Gasteiger partial charge >= 0.3 is 6.09 Å². The van der Waals surface area contributed by atoms with Crippen molar-refractivity contribution in [3.63, 3.8) is 0 Å². The smallest absolute Gasteiger partial charge is 0.412 e. The molecule has 0 aromatic heterocycles. The molecule has 0 saturated carbocycles. The summed E-state index contributed by atoms with van der Waals surface area (Å²) in [5.41, 5.74) is 3.58. The monoisotopic (exact) mass is 415 g/mol. The van der Waals surface area contributed by atoms with Crippen LogP contribution in [0.25, 0.3) is 0 Å². The second kappa shape index (κ2) is 9.34. The van der Waals surface area contributed by atoms with E-state index in [-0.39, 0.29) is 0 Å². The van der Waals surface area contributed by atoms with E-state index in [1.165, 1.54) is 0 Å². The number of para-hydroxylation sites is 1. The highest BCUT2D eigenvalue weighted by molar-refractivity contribution is 5.95. The number of amides is 1. The second-order valence-electron chi connectivity index (χ2n) is 7.47. The van der Waals surface area contributed by atoms with Crippen LogP contribution in [0.1, 0.15) is 17.2 Å². The molecule has 0 aliphatic carbocycles. The molecule has 3 aromatic rings. The van der Waals surface area contributed by atoms with Gasteiger partial charge in [-0.05, 0) is 42.0 Å². The van der Waals surface area contributed by atoms with E-state index in [4.69, 9.17) is 9.47 Å². The molecule has 0 spiro atoms. The number of hydrogen-bond donors (Lipinski definition) is 1. The average Bonchev–Trinajstić information content (AvgIpc) is 2.80. The number of nitrogens with zero attached hydrogens (tertiary/aromatic N) is 2. The van der Waals surface area contributed by atoms with Crippen LogP contribution in [0.4, 0.5) is 16.2 Å². The number of aliphatic imine (C=N–C) groups is 1. The summed E-state index contributed by atoms with van der Waals surface area (Å²) < 4.78 is 12.0. The van der Waals surface area contributed by atoms with Crippen molar-refractivity contribution in [2.24, 2.45) is 4.99 Å². The maximum atomic E-state index is 12.5. The van der Waals surface area contributed by atoms with Gasteiger partial charge in [0.05, 0.1) is 6.54 Å². The first-order valence-electron chi connectivity index (χ1n) is 10.2. The van der Waals surface area contributed by atoms with E-state index in [1.807, 2.05) is 91.8 Å². The Hall–Kier alpha value is -3.80. The van der Waals surface area contributed by atoms with E-state index in [9.17, 15) is 4.79 Å². The standard InChI is InChI=1S/C25H25N3O3/c1-28(2)21-15-13-19(14-16-21)24-26-17-22(23(31-24)18-9-5-3-6-10-18)30-25(29)27-20-11-7-4-8-12-20/h3-16,22-23H,17H2,1-2H3,(H,27,29). The van der Waals surface area contributed by atoms with Gasteiger partial charge in [0.15, 0.2) is 12.2 Å². The fourth-order valence-corrected chi connectivity index (χ4v) is 3.39. The summed E-state index contributed by atoms with van der Waals surface area (Å²) in [4.78, 5) is 19.1. The average molecular weight is 415 g/mol. The predicted molar refractivity (Wildman–Crippen MR) is 123 cm³/mol. The quantitative estimate of drug-likeness (QED) is 0.645. The minimum atomic E-state index is -0.545. The van der Waals surface area contributed by atoms with Crippen LogP contribution in [-0.4, -0.2) is 38.7 Å². The first kappa shape index (κ1) is 20.5. The van der Waals surface area contributed by atoms with E-state index in [1.54, 1.807) is 12.1 Å². The van der Waals surface area contributed by atoms with Crippen LogP contribution < -0.4 is 10.2 Å². The van der Waals surface area contributed by atoms with Crippen LogP contribution in [0.3, 0.4) is 0 Å². The van der Waals surface area contributed by atoms with Gasteiger partial charge in [0, 0.05) is 31.0 Å². The fourth-order valence-electron chi connectivity index (χ4n) is 3.39. The van der Waals surface area contributed by atoms with E-state index >= 15 is 0 Å². The molecule has 1 aliphatic heterocycles. The molecule has 1 aliphatic rings. The summed E-state index contributed by atoms with van der Waals surface area (Å²) in [5.74, 6) is 0.544. The predicted octanol–water partition coefficient (Wildman–Crippen LogP) is 4.89. The van der Waals surface area contributed by atoms with Crippen molar-refractivity contribution < 1.29 is 14.3 Å².